The molecule has 104 valence electrons. The molecule has 4 nitrogen and oxygen atoms in total. The number of benzene rings is 1. The highest BCUT2D eigenvalue weighted by Gasteiger charge is 2.20. The Kier molecular flexibility index (Phi) is 6.36. The number of nitrogens with two attached hydrogens (primary N) is 1. The zero-order valence-electron chi connectivity index (χ0n) is 11.0. The van der Waals surface area contributed by atoms with Crippen molar-refractivity contribution < 1.29 is 9.59 Å². The van der Waals surface area contributed by atoms with Crippen molar-refractivity contribution in [3.8, 4) is 0 Å². The van der Waals surface area contributed by atoms with Crippen LogP contribution in [0.2, 0.25) is 0 Å². The van der Waals surface area contributed by atoms with Crippen LogP contribution in [-0.2, 0) is 16.1 Å². The molecule has 5 heteroatoms. The van der Waals surface area contributed by atoms with E-state index in [0.29, 0.717) is 13.1 Å². The standard InChI is InChI=1S/C14H19ClN2O2/c1-11(9-15)14(19)17(8-7-13(16)18)10-12-5-3-2-4-6-12/h2-6,11H,7-10H2,1H3,(H2,16,18). The highest BCUT2D eigenvalue weighted by Crippen LogP contribution is 2.11. The van der Waals surface area contributed by atoms with Crippen LogP contribution in [0.5, 0.6) is 0 Å². The molecule has 19 heavy (non-hydrogen) atoms. The van der Waals surface area contributed by atoms with Gasteiger partial charge in [0, 0.05) is 31.3 Å². The van der Waals surface area contributed by atoms with E-state index in [0.717, 1.165) is 5.56 Å². The number of amides is 2. The maximum atomic E-state index is 12.2. The number of rotatable bonds is 7. The van der Waals surface area contributed by atoms with Crippen molar-refractivity contribution in [2.45, 2.75) is 19.9 Å². The van der Waals surface area contributed by atoms with E-state index >= 15 is 0 Å². The molecule has 1 aromatic rings. The lowest BCUT2D eigenvalue weighted by Gasteiger charge is -2.25. The average molecular weight is 283 g/mol. The Labute approximate surface area is 118 Å². The first-order valence-corrected chi connectivity index (χ1v) is 6.75. The van der Waals surface area contributed by atoms with Gasteiger partial charge in [-0.25, -0.2) is 0 Å². The molecule has 1 aromatic carbocycles. The number of hydrogen-bond acceptors (Lipinski definition) is 2. The number of alkyl halides is 1. The van der Waals surface area contributed by atoms with Crippen molar-refractivity contribution in [3.63, 3.8) is 0 Å². The molecule has 2 amide bonds. The lowest BCUT2D eigenvalue weighted by atomic mass is 10.1. The fourth-order valence-electron chi connectivity index (χ4n) is 1.69. The van der Waals surface area contributed by atoms with E-state index in [4.69, 9.17) is 17.3 Å². The average Bonchev–Trinajstić information content (AvgIpc) is 2.42. The summed E-state index contributed by atoms with van der Waals surface area (Å²) in [5.74, 6) is -0.469. The van der Waals surface area contributed by atoms with Gasteiger partial charge in [-0.1, -0.05) is 37.3 Å². The molecule has 0 heterocycles. The molecule has 0 aliphatic carbocycles. The number of hydrogen-bond donors (Lipinski definition) is 1. The fraction of sp³-hybridized carbons (Fsp3) is 0.429. The van der Waals surface area contributed by atoms with Crippen LogP contribution in [0.15, 0.2) is 30.3 Å². The monoisotopic (exact) mass is 282 g/mol. The van der Waals surface area contributed by atoms with E-state index < -0.39 is 5.91 Å². The van der Waals surface area contributed by atoms with Gasteiger partial charge in [-0.15, -0.1) is 11.6 Å². The lowest BCUT2D eigenvalue weighted by molar-refractivity contribution is -0.135. The van der Waals surface area contributed by atoms with Crippen LogP contribution in [0.25, 0.3) is 0 Å². The molecule has 0 aliphatic rings. The summed E-state index contributed by atoms with van der Waals surface area (Å²) in [6.45, 7) is 2.57. The maximum absolute atomic E-state index is 12.2. The molecule has 1 rings (SSSR count). The molecular weight excluding hydrogens is 264 g/mol. The molecule has 1 atom stereocenters. The maximum Gasteiger partial charge on any atom is 0.226 e. The summed E-state index contributed by atoms with van der Waals surface area (Å²) >= 11 is 5.72. The van der Waals surface area contributed by atoms with Crippen molar-refractivity contribution >= 4 is 23.4 Å². The van der Waals surface area contributed by atoms with Crippen LogP contribution in [0.1, 0.15) is 18.9 Å². The Morgan fingerprint density at radius 1 is 1.32 bits per heavy atom. The van der Waals surface area contributed by atoms with Crippen LogP contribution < -0.4 is 5.73 Å². The first kappa shape index (κ1) is 15.5. The van der Waals surface area contributed by atoms with Gasteiger partial charge < -0.3 is 10.6 Å². The van der Waals surface area contributed by atoms with Gasteiger partial charge in [-0.05, 0) is 5.56 Å². The molecule has 0 fully saturated rings. The lowest BCUT2D eigenvalue weighted by Crippen LogP contribution is -2.37. The third kappa shape index (κ3) is 5.30. The third-order valence-electron chi connectivity index (χ3n) is 2.81. The summed E-state index contributed by atoms with van der Waals surface area (Å²) in [4.78, 5) is 24.7. The Balaban J connectivity index is 2.74. The quantitative estimate of drug-likeness (QED) is 0.775. The van der Waals surface area contributed by atoms with Crippen LogP contribution in [0.3, 0.4) is 0 Å². The van der Waals surface area contributed by atoms with E-state index in [-0.39, 0.29) is 24.1 Å². The molecule has 0 radical (unpaired) electrons. The van der Waals surface area contributed by atoms with Crippen molar-refractivity contribution in [2.24, 2.45) is 11.7 Å². The number of nitrogens with zero attached hydrogens (tertiary/aromatic N) is 1. The van der Waals surface area contributed by atoms with Gasteiger partial charge in [-0.2, -0.15) is 0 Å². The minimum absolute atomic E-state index is 0.0555. The molecule has 0 spiro atoms. The van der Waals surface area contributed by atoms with Crippen LogP contribution in [-0.4, -0.2) is 29.1 Å². The molecule has 0 aromatic heterocycles. The number of carbonyl (C=O) groups is 2. The van der Waals surface area contributed by atoms with E-state index in [1.54, 1.807) is 11.8 Å². The molecule has 0 saturated heterocycles. The van der Waals surface area contributed by atoms with E-state index in [1.165, 1.54) is 0 Å². The zero-order chi connectivity index (χ0) is 14.3. The van der Waals surface area contributed by atoms with Gasteiger partial charge in [0.2, 0.25) is 11.8 Å². The van der Waals surface area contributed by atoms with Gasteiger partial charge in [0.25, 0.3) is 0 Å². The first-order valence-electron chi connectivity index (χ1n) is 6.21. The molecule has 0 aliphatic heterocycles. The normalized spacial score (nSPS) is 11.9. The molecule has 2 N–H and O–H groups in total. The van der Waals surface area contributed by atoms with Crippen molar-refractivity contribution in [1.29, 1.82) is 0 Å². The Morgan fingerprint density at radius 3 is 2.47 bits per heavy atom. The van der Waals surface area contributed by atoms with Crippen molar-refractivity contribution in [3.05, 3.63) is 35.9 Å². The van der Waals surface area contributed by atoms with Crippen LogP contribution in [0, 0.1) is 5.92 Å². The van der Waals surface area contributed by atoms with Gasteiger partial charge in [0.05, 0.1) is 0 Å². The molecule has 0 bridgehead atoms. The second-order valence-corrected chi connectivity index (χ2v) is 4.83. The highest BCUT2D eigenvalue weighted by atomic mass is 35.5. The van der Waals surface area contributed by atoms with Gasteiger partial charge in [0.15, 0.2) is 0 Å². The second kappa shape index (κ2) is 7.79. The van der Waals surface area contributed by atoms with Gasteiger partial charge in [-0.3, -0.25) is 9.59 Å². The smallest absolute Gasteiger partial charge is 0.226 e. The summed E-state index contributed by atoms with van der Waals surface area (Å²) < 4.78 is 0. The van der Waals surface area contributed by atoms with Crippen molar-refractivity contribution in [2.75, 3.05) is 12.4 Å². The van der Waals surface area contributed by atoms with Gasteiger partial charge >= 0.3 is 0 Å². The van der Waals surface area contributed by atoms with E-state index in [1.807, 2.05) is 30.3 Å². The van der Waals surface area contributed by atoms with Gasteiger partial charge in [0.1, 0.15) is 0 Å². The summed E-state index contributed by atoms with van der Waals surface area (Å²) in [5.41, 5.74) is 6.16. The van der Waals surface area contributed by atoms with Crippen LogP contribution in [0.4, 0.5) is 0 Å². The Bertz CT molecular complexity index is 423. The SMILES string of the molecule is CC(CCl)C(=O)N(CCC(N)=O)Cc1ccccc1. The first-order chi connectivity index (χ1) is 9.04. The second-order valence-electron chi connectivity index (χ2n) is 4.52. The predicted molar refractivity (Wildman–Crippen MR) is 75.6 cm³/mol. The number of carbonyl (C=O) groups excluding carboxylic acids is 2. The molecular formula is C14H19ClN2O2. The minimum Gasteiger partial charge on any atom is -0.370 e. The predicted octanol–water partition coefficient (Wildman–Crippen LogP) is 1.77. The topological polar surface area (TPSA) is 63.4 Å². The Morgan fingerprint density at radius 2 is 1.95 bits per heavy atom. The molecule has 0 saturated carbocycles. The van der Waals surface area contributed by atoms with E-state index in [2.05, 4.69) is 0 Å². The zero-order valence-corrected chi connectivity index (χ0v) is 11.8. The molecule has 1 unspecified atom stereocenters. The van der Waals surface area contributed by atoms with Crippen molar-refractivity contribution in [1.82, 2.24) is 4.90 Å². The van der Waals surface area contributed by atoms with Crippen LogP contribution >= 0.6 is 11.6 Å². The highest BCUT2D eigenvalue weighted by molar-refractivity contribution is 6.19. The summed E-state index contributed by atoms with van der Waals surface area (Å²) in [5, 5.41) is 0. The number of halogens is 1. The fourth-order valence-corrected chi connectivity index (χ4v) is 1.83. The minimum atomic E-state index is -0.413. The largest absolute Gasteiger partial charge is 0.370 e. The Hall–Kier alpha value is -1.55. The third-order valence-corrected chi connectivity index (χ3v) is 3.27. The summed E-state index contributed by atoms with van der Waals surface area (Å²) in [6.07, 6.45) is 0.160. The summed E-state index contributed by atoms with van der Waals surface area (Å²) in [7, 11) is 0. The number of primary amides is 1. The van der Waals surface area contributed by atoms with E-state index in [9.17, 15) is 9.59 Å². The summed E-state index contributed by atoms with van der Waals surface area (Å²) in [6, 6.07) is 9.63.